The van der Waals surface area contributed by atoms with Gasteiger partial charge in [-0.2, -0.15) is 0 Å². The molecule has 1 rings (SSSR count). The lowest BCUT2D eigenvalue weighted by molar-refractivity contribution is 0.0570. The molecule has 8 nitrogen and oxygen atoms in total. The second-order valence-corrected chi connectivity index (χ2v) is 4.69. The van der Waals surface area contributed by atoms with Crippen LogP contribution in [0.1, 0.15) is 12.7 Å². The van der Waals surface area contributed by atoms with Crippen LogP contribution in [0.5, 0.6) is 0 Å². The number of nitrogens with two attached hydrogens (primary N) is 1. The van der Waals surface area contributed by atoms with E-state index < -0.39 is 10.0 Å². The van der Waals surface area contributed by atoms with Crippen LogP contribution in [0.4, 0.5) is 0 Å². The van der Waals surface area contributed by atoms with Crippen LogP contribution in [0.2, 0.25) is 0 Å². The van der Waals surface area contributed by atoms with Gasteiger partial charge in [-0.3, -0.25) is 4.57 Å². The van der Waals surface area contributed by atoms with Crippen molar-refractivity contribution in [2.45, 2.75) is 25.2 Å². The maximum Gasteiger partial charge on any atom is 0.273 e. The molecule has 1 aromatic rings. The Balaban J connectivity index is 2.77. The van der Waals surface area contributed by atoms with Gasteiger partial charge < -0.3 is 9.47 Å². The van der Waals surface area contributed by atoms with Crippen molar-refractivity contribution in [1.82, 2.24) is 14.8 Å². The first-order valence-electron chi connectivity index (χ1n) is 5.02. The zero-order chi connectivity index (χ0) is 12.9. The summed E-state index contributed by atoms with van der Waals surface area (Å²) in [7, 11) is -2.28. The van der Waals surface area contributed by atoms with E-state index in [1.54, 1.807) is 14.0 Å². The van der Waals surface area contributed by atoms with Gasteiger partial charge in [0.1, 0.15) is 6.61 Å². The molecule has 0 amide bonds. The van der Waals surface area contributed by atoms with Gasteiger partial charge in [0.2, 0.25) is 0 Å². The highest BCUT2D eigenvalue weighted by Crippen LogP contribution is 2.07. The fourth-order valence-corrected chi connectivity index (χ4v) is 1.96. The topological polar surface area (TPSA) is 109 Å². The Morgan fingerprint density at radius 3 is 2.59 bits per heavy atom. The van der Waals surface area contributed by atoms with Crippen molar-refractivity contribution >= 4 is 10.0 Å². The Bertz CT molecular complexity index is 456. The predicted molar refractivity (Wildman–Crippen MR) is 58.6 cm³/mol. The van der Waals surface area contributed by atoms with E-state index in [0.717, 1.165) is 0 Å². The van der Waals surface area contributed by atoms with E-state index >= 15 is 0 Å². The monoisotopic (exact) mass is 264 g/mol. The molecule has 0 fully saturated rings. The van der Waals surface area contributed by atoms with Gasteiger partial charge in [0.25, 0.3) is 15.2 Å². The normalized spacial score (nSPS) is 11.9. The summed E-state index contributed by atoms with van der Waals surface area (Å²) in [5.74, 6) is 0.424. The molecule has 9 heteroatoms. The second-order valence-electron chi connectivity index (χ2n) is 3.23. The quantitative estimate of drug-likeness (QED) is 0.640. The molecule has 17 heavy (non-hydrogen) atoms. The molecule has 0 spiro atoms. The number of ether oxygens (including phenoxy) is 2. The van der Waals surface area contributed by atoms with Crippen LogP contribution in [0.3, 0.4) is 0 Å². The van der Waals surface area contributed by atoms with Gasteiger partial charge in [0.05, 0.1) is 13.2 Å². The third-order valence-corrected chi connectivity index (χ3v) is 2.84. The van der Waals surface area contributed by atoms with Crippen molar-refractivity contribution in [1.29, 1.82) is 0 Å². The van der Waals surface area contributed by atoms with Gasteiger partial charge in [-0.1, -0.05) is 0 Å². The lowest BCUT2D eigenvalue weighted by Gasteiger charge is -2.06. The van der Waals surface area contributed by atoms with E-state index in [2.05, 4.69) is 10.2 Å². The summed E-state index contributed by atoms with van der Waals surface area (Å²) in [5, 5.41) is 12.1. The third-order valence-electron chi connectivity index (χ3n) is 2.03. The van der Waals surface area contributed by atoms with Gasteiger partial charge in [-0.25, -0.2) is 13.6 Å². The smallest absolute Gasteiger partial charge is 0.273 e. The van der Waals surface area contributed by atoms with Crippen molar-refractivity contribution in [2.75, 3.05) is 20.3 Å². The highest BCUT2D eigenvalue weighted by molar-refractivity contribution is 7.89. The van der Waals surface area contributed by atoms with Crippen LogP contribution >= 0.6 is 0 Å². The molecule has 0 saturated carbocycles. The molecule has 98 valence electrons. The Morgan fingerprint density at radius 1 is 1.35 bits per heavy atom. The summed E-state index contributed by atoms with van der Waals surface area (Å²) < 4.78 is 33.9. The van der Waals surface area contributed by atoms with Gasteiger partial charge in [0.15, 0.2) is 5.82 Å². The molecule has 0 aliphatic rings. The van der Waals surface area contributed by atoms with E-state index in [1.807, 2.05) is 0 Å². The summed E-state index contributed by atoms with van der Waals surface area (Å²) in [5.41, 5.74) is 0. The van der Waals surface area contributed by atoms with Crippen LogP contribution in [0.25, 0.3) is 0 Å². The number of hydrogen-bond donors (Lipinski definition) is 1. The molecule has 0 unspecified atom stereocenters. The minimum absolute atomic E-state index is 0.166. The second kappa shape index (κ2) is 6.05. The zero-order valence-corrected chi connectivity index (χ0v) is 10.6. The number of hydrogen-bond acceptors (Lipinski definition) is 6. The van der Waals surface area contributed by atoms with E-state index in [1.165, 1.54) is 4.57 Å². The fraction of sp³-hybridized carbons (Fsp3) is 0.750. The van der Waals surface area contributed by atoms with Crippen molar-refractivity contribution in [3.8, 4) is 0 Å². The molecule has 0 aromatic carbocycles. The molecule has 0 saturated heterocycles. The summed E-state index contributed by atoms with van der Waals surface area (Å²) >= 11 is 0. The molecule has 0 atom stereocenters. The first-order chi connectivity index (χ1) is 8.00. The highest BCUT2D eigenvalue weighted by atomic mass is 32.2. The Hall–Kier alpha value is -1.03. The first-order valence-corrected chi connectivity index (χ1v) is 6.57. The number of aromatic nitrogens is 3. The number of nitrogens with zero attached hydrogens (tertiary/aromatic N) is 3. The third kappa shape index (κ3) is 3.73. The van der Waals surface area contributed by atoms with E-state index in [-0.39, 0.29) is 11.8 Å². The zero-order valence-electron chi connectivity index (χ0n) is 9.79. The molecule has 0 bridgehead atoms. The Morgan fingerprint density at radius 2 is 2.06 bits per heavy atom. The Kier molecular flexibility index (Phi) is 5.00. The van der Waals surface area contributed by atoms with Crippen LogP contribution < -0.4 is 5.14 Å². The fourth-order valence-electron chi connectivity index (χ4n) is 1.26. The number of sulfonamides is 1. The maximum atomic E-state index is 11.2. The standard InChI is InChI=1S/C8H16N4O4S/c1-3-12-7(6-16-5-4-15-2)10-11-8(12)17(9,13)14/h3-6H2,1-2H3,(H2,9,13,14). The van der Waals surface area contributed by atoms with Crippen LogP contribution in [0, 0.1) is 0 Å². The average molecular weight is 264 g/mol. The molecule has 0 aliphatic carbocycles. The lowest BCUT2D eigenvalue weighted by atomic mass is 10.6. The first kappa shape index (κ1) is 14.0. The van der Waals surface area contributed by atoms with Crippen LogP contribution in [-0.2, 0) is 32.6 Å². The molecular formula is C8H16N4O4S. The largest absolute Gasteiger partial charge is 0.382 e. The molecule has 2 N–H and O–H groups in total. The SMILES string of the molecule is CCn1c(COCCOC)nnc1S(N)(=O)=O. The van der Waals surface area contributed by atoms with Crippen molar-refractivity contribution in [3.05, 3.63) is 5.82 Å². The molecule has 0 aliphatic heterocycles. The minimum atomic E-state index is -3.85. The summed E-state index contributed by atoms with van der Waals surface area (Å²) in [4.78, 5) is 0. The number of rotatable bonds is 7. The summed E-state index contributed by atoms with van der Waals surface area (Å²) in [6.45, 7) is 3.21. The summed E-state index contributed by atoms with van der Waals surface area (Å²) in [6, 6.07) is 0. The van der Waals surface area contributed by atoms with Gasteiger partial charge in [-0.05, 0) is 6.92 Å². The molecule has 0 radical (unpaired) electrons. The maximum absolute atomic E-state index is 11.2. The lowest BCUT2D eigenvalue weighted by Crippen LogP contribution is -2.19. The van der Waals surface area contributed by atoms with E-state index in [9.17, 15) is 8.42 Å². The highest BCUT2D eigenvalue weighted by Gasteiger charge is 2.19. The van der Waals surface area contributed by atoms with Crippen molar-refractivity contribution in [3.63, 3.8) is 0 Å². The number of methoxy groups -OCH3 is 1. The van der Waals surface area contributed by atoms with Crippen molar-refractivity contribution in [2.24, 2.45) is 5.14 Å². The van der Waals surface area contributed by atoms with Crippen LogP contribution in [-0.4, -0.2) is 43.5 Å². The summed E-state index contributed by atoms with van der Waals surface area (Å²) in [6.07, 6.45) is 0. The van der Waals surface area contributed by atoms with Gasteiger partial charge in [0, 0.05) is 13.7 Å². The number of primary sulfonamides is 1. The predicted octanol–water partition coefficient (Wildman–Crippen LogP) is -0.892. The van der Waals surface area contributed by atoms with Crippen molar-refractivity contribution < 1.29 is 17.9 Å². The van der Waals surface area contributed by atoms with E-state index in [0.29, 0.717) is 25.6 Å². The average Bonchev–Trinajstić information content (AvgIpc) is 2.67. The molecule has 1 heterocycles. The molecule has 1 aromatic heterocycles. The van der Waals surface area contributed by atoms with Gasteiger partial charge >= 0.3 is 0 Å². The molecular weight excluding hydrogens is 248 g/mol. The minimum Gasteiger partial charge on any atom is -0.382 e. The van der Waals surface area contributed by atoms with Crippen LogP contribution in [0.15, 0.2) is 5.16 Å². The van der Waals surface area contributed by atoms with Gasteiger partial charge in [-0.15, -0.1) is 10.2 Å². The Labute approximate surface area is 99.8 Å². The van der Waals surface area contributed by atoms with E-state index in [4.69, 9.17) is 14.6 Å².